The second kappa shape index (κ2) is 3.48. The van der Waals surface area contributed by atoms with Gasteiger partial charge in [0.25, 0.3) is 12.3 Å². The highest BCUT2D eigenvalue weighted by molar-refractivity contribution is 5.13. The molecule has 0 aliphatic heterocycles. The minimum Gasteiger partial charge on any atom is -0.479 e. The summed E-state index contributed by atoms with van der Waals surface area (Å²) in [5, 5.41) is 3.33. The highest BCUT2D eigenvalue weighted by Crippen LogP contribution is 2.21. The van der Waals surface area contributed by atoms with Gasteiger partial charge in [0, 0.05) is 6.07 Å². The van der Waals surface area contributed by atoms with E-state index in [9.17, 15) is 8.78 Å². The van der Waals surface area contributed by atoms with Crippen molar-refractivity contribution in [3.63, 3.8) is 0 Å². The first-order valence-electron chi connectivity index (χ1n) is 3.19. The van der Waals surface area contributed by atoms with Crippen LogP contribution in [0, 0.1) is 0 Å². The van der Waals surface area contributed by atoms with E-state index in [1.807, 2.05) is 0 Å². The van der Waals surface area contributed by atoms with Crippen LogP contribution >= 0.6 is 0 Å². The van der Waals surface area contributed by atoms with Crippen LogP contribution in [0.3, 0.4) is 0 Å². The fraction of sp³-hybridized carbons (Fsp3) is 0.500. The van der Waals surface area contributed by atoms with E-state index in [0.29, 0.717) is 0 Å². The van der Waals surface area contributed by atoms with Gasteiger partial charge >= 0.3 is 0 Å². The quantitative estimate of drug-likeness (QED) is 0.748. The van der Waals surface area contributed by atoms with Crippen LogP contribution in [0.1, 0.15) is 11.8 Å². The molecule has 0 saturated heterocycles. The Hall–Kier alpha value is -1.17. The van der Waals surface area contributed by atoms with Gasteiger partial charge in [0.2, 0.25) is 0 Å². The average molecular weight is 178 g/mol. The number of hydrogen-bond donors (Lipinski definition) is 1. The van der Waals surface area contributed by atoms with E-state index in [0.717, 1.165) is 0 Å². The van der Waals surface area contributed by atoms with Gasteiger partial charge in [-0.15, -0.1) is 0 Å². The zero-order valence-electron chi connectivity index (χ0n) is 6.33. The highest BCUT2D eigenvalue weighted by atomic mass is 19.3. The molecule has 68 valence electrons. The van der Waals surface area contributed by atoms with E-state index in [4.69, 9.17) is 5.73 Å². The molecule has 1 atom stereocenters. The molecule has 12 heavy (non-hydrogen) atoms. The summed E-state index contributed by atoms with van der Waals surface area (Å²) in [6.07, 6.45) is -2.66. The van der Waals surface area contributed by atoms with E-state index in [1.54, 1.807) is 0 Å². The van der Waals surface area contributed by atoms with Crippen molar-refractivity contribution >= 4 is 0 Å². The van der Waals surface area contributed by atoms with Gasteiger partial charge in [-0.3, -0.25) is 0 Å². The Morgan fingerprint density at radius 1 is 1.67 bits per heavy atom. The lowest BCUT2D eigenvalue weighted by Gasteiger charge is -2.03. The standard InChI is InChI=1S/C6H8F2N2O2/c1-11-4-2-3(12-10-4)5(9)6(7)8/h2,5-6H,9H2,1H3. The summed E-state index contributed by atoms with van der Waals surface area (Å²) in [5.41, 5.74) is 5.07. The fourth-order valence-corrected chi connectivity index (χ4v) is 0.650. The molecule has 2 N–H and O–H groups in total. The number of hydrogen-bond acceptors (Lipinski definition) is 4. The van der Waals surface area contributed by atoms with Gasteiger partial charge in [-0.25, -0.2) is 8.78 Å². The molecule has 1 unspecified atom stereocenters. The van der Waals surface area contributed by atoms with Crippen molar-refractivity contribution < 1.29 is 18.0 Å². The molecule has 1 aromatic rings. The molecular weight excluding hydrogens is 170 g/mol. The SMILES string of the molecule is COc1cc(C(N)C(F)F)on1. The molecule has 0 saturated carbocycles. The van der Waals surface area contributed by atoms with Crippen LogP contribution in [0.15, 0.2) is 10.6 Å². The van der Waals surface area contributed by atoms with Crippen molar-refractivity contribution in [2.75, 3.05) is 7.11 Å². The van der Waals surface area contributed by atoms with E-state index < -0.39 is 12.5 Å². The molecule has 4 nitrogen and oxygen atoms in total. The molecule has 1 heterocycles. The summed E-state index contributed by atoms with van der Waals surface area (Å²) < 4.78 is 33.1. The van der Waals surface area contributed by atoms with Crippen molar-refractivity contribution in [2.24, 2.45) is 5.73 Å². The second-order valence-electron chi connectivity index (χ2n) is 2.13. The maximum Gasteiger partial charge on any atom is 0.260 e. The highest BCUT2D eigenvalue weighted by Gasteiger charge is 2.22. The first-order chi connectivity index (χ1) is 5.65. The number of nitrogens with zero attached hydrogens (tertiary/aromatic N) is 1. The molecular formula is C6H8F2N2O2. The number of ether oxygens (including phenoxy) is 1. The van der Waals surface area contributed by atoms with Crippen molar-refractivity contribution in [3.05, 3.63) is 11.8 Å². The molecule has 1 aromatic heterocycles. The monoisotopic (exact) mass is 178 g/mol. The molecule has 0 aliphatic rings. The molecule has 0 aliphatic carbocycles. The van der Waals surface area contributed by atoms with Gasteiger partial charge in [-0.2, -0.15) is 0 Å². The lowest BCUT2D eigenvalue weighted by atomic mass is 10.2. The van der Waals surface area contributed by atoms with Crippen LogP contribution in [0.2, 0.25) is 0 Å². The van der Waals surface area contributed by atoms with Crippen LogP contribution in [-0.2, 0) is 0 Å². The number of alkyl halides is 2. The van der Waals surface area contributed by atoms with Crippen LogP contribution in [0.5, 0.6) is 5.88 Å². The van der Waals surface area contributed by atoms with Gasteiger partial charge in [0.1, 0.15) is 6.04 Å². The maximum absolute atomic E-state index is 12.0. The van der Waals surface area contributed by atoms with Crippen molar-refractivity contribution in [3.8, 4) is 5.88 Å². The first-order valence-corrected chi connectivity index (χ1v) is 3.19. The van der Waals surface area contributed by atoms with E-state index in [1.165, 1.54) is 13.2 Å². The van der Waals surface area contributed by atoms with Gasteiger partial charge in [0.15, 0.2) is 5.76 Å². The smallest absolute Gasteiger partial charge is 0.260 e. The lowest BCUT2D eigenvalue weighted by Crippen LogP contribution is -2.17. The Bertz CT molecular complexity index is 251. The lowest BCUT2D eigenvalue weighted by molar-refractivity contribution is 0.103. The van der Waals surface area contributed by atoms with E-state index in [2.05, 4.69) is 14.4 Å². The molecule has 0 radical (unpaired) electrons. The first kappa shape index (κ1) is 8.92. The Morgan fingerprint density at radius 3 is 2.75 bits per heavy atom. The second-order valence-corrected chi connectivity index (χ2v) is 2.13. The molecule has 6 heteroatoms. The third-order valence-electron chi connectivity index (χ3n) is 1.32. The zero-order chi connectivity index (χ0) is 9.14. The van der Waals surface area contributed by atoms with Crippen molar-refractivity contribution in [1.29, 1.82) is 0 Å². The number of nitrogens with two attached hydrogens (primary N) is 1. The molecule has 0 amide bonds. The summed E-state index contributed by atoms with van der Waals surface area (Å²) in [6.45, 7) is 0. The van der Waals surface area contributed by atoms with Crippen molar-refractivity contribution in [1.82, 2.24) is 5.16 Å². The predicted octanol–water partition coefficient (Wildman–Crippen LogP) is 0.948. The maximum atomic E-state index is 12.0. The molecule has 0 aromatic carbocycles. The molecule has 0 bridgehead atoms. The van der Waals surface area contributed by atoms with Crippen LogP contribution in [-0.4, -0.2) is 18.7 Å². The van der Waals surface area contributed by atoms with E-state index >= 15 is 0 Å². The Balaban J connectivity index is 2.74. The average Bonchev–Trinajstić information content (AvgIpc) is 2.50. The Kier molecular flexibility index (Phi) is 2.59. The van der Waals surface area contributed by atoms with E-state index in [-0.39, 0.29) is 11.6 Å². The summed E-state index contributed by atoms with van der Waals surface area (Å²) in [5.74, 6) is 0.0583. The van der Waals surface area contributed by atoms with Crippen LogP contribution in [0.4, 0.5) is 8.78 Å². The Morgan fingerprint density at radius 2 is 2.33 bits per heavy atom. The molecule has 0 spiro atoms. The van der Waals surface area contributed by atoms with Crippen LogP contribution < -0.4 is 10.5 Å². The largest absolute Gasteiger partial charge is 0.479 e. The summed E-state index contributed by atoms with van der Waals surface area (Å²) in [4.78, 5) is 0. The van der Waals surface area contributed by atoms with Gasteiger partial charge in [-0.05, 0) is 5.16 Å². The number of aromatic nitrogens is 1. The van der Waals surface area contributed by atoms with Crippen molar-refractivity contribution in [2.45, 2.75) is 12.5 Å². The normalized spacial score (nSPS) is 13.4. The summed E-state index contributed by atoms with van der Waals surface area (Å²) in [6, 6.07) is -0.210. The Labute approximate surface area is 67.3 Å². The molecule has 1 rings (SSSR count). The number of halogens is 2. The summed E-state index contributed by atoms with van der Waals surface area (Å²) >= 11 is 0. The predicted molar refractivity (Wildman–Crippen MR) is 36.0 cm³/mol. The van der Waals surface area contributed by atoms with Crippen LogP contribution in [0.25, 0.3) is 0 Å². The van der Waals surface area contributed by atoms with Gasteiger partial charge in [0.05, 0.1) is 7.11 Å². The minimum absolute atomic E-state index is 0.0816. The third-order valence-corrected chi connectivity index (χ3v) is 1.32. The number of methoxy groups -OCH3 is 1. The topological polar surface area (TPSA) is 61.3 Å². The van der Waals surface area contributed by atoms with Gasteiger partial charge < -0.3 is 15.0 Å². The fourth-order valence-electron chi connectivity index (χ4n) is 0.650. The zero-order valence-corrected chi connectivity index (χ0v) is 6.33. The summed E-state index contributed by atoms with van der Waals surface area (Å²) in [7, 11) is 1.36. The molecule has 0 fully saturated rings. The van der Waals surface area contributed by atoms with Gasteiger partial charge in [-0.1, -0.05) is 0 Å². The number of rotatable bonds is 3. The third kappa shape index (κ3) is 1.70. The minimum atomic E-state index is -2.66.